The third-order valence-electron chi connectivity index (χ3n) is 7.32. The van der Waals surface area contributed by atoms with Gasteiger partial charge in [0.2, 0.25) is 11.8 Å². The maximum absolute atomic E-state index is 12.6. The van der Waals surface area contributed by atoms with Gasteiger partial charge in [0.05, 0.1) is 12.0 Å². The van der Waals surface area contributed by atoms with Crippen LogP contribution in [0, 0.1) is 11.8 Å². The minimum absolute atomic E-state index is 0.293. The summed E-state index contributed by atoms with van der Waals surface area (Å²) in [6.45, 7) is 7.38. The summed E-state index contributed by atoms with van der Waals surface area (Å²) in [6, 6.07) is 0. The summed E-state index contributed by atoms with van der Waals surface area (Å²) < 4.78 is 0. The maximum atomic E-state index is 12.6. The fourth-order valence-electron chi connectivity index (χ4n) is 5.19. The number of carbonyl (C=O) groups excluding carboxylic acids is 2. The molecule has 2 aliphatic rings. The van der Waals surface area contributed by atoms with Gasteiger partial charge in [-0.15, -0.1) is 0 Å². The Hall–Kier alpha value is -1.89. The van der Waals surface area contributed by atoms with Gasteiger partial charge in [-0.2, -0.15) is 0 Å². The van der Waals surface area contributed by atoms with E-state index in [1.54, 1.807) is 6.33 Å². The Morgan fingerprint density at radius 3 is 2.06 bits per heavy atom. The number of aromatic amines is 1. The van der Waals surface area contributed by atoms with Crippen LogP contribution in [0.3, 0.4) is 0 Å². The lowest BCUT2D eigenvalue weighted by Gasteiger charge is -2.34. The average molecular weight is 446 g/mol. The summed E-state index contributed by atoms with van der Waals surface area (Å²) in [5.41, 5.74) is 1.01. The first kappa shape index (κ1) is 24.7. The van der Waals surface area contributed by atoms with E-state index >= 15 is 0 Å². The summed E-state index contributed by atoms with van der Waals surface area (Å²) >= 11 is 0. The lowest BCUT2D eigenvalue weighted by atomic mass is 9.86. The van der Waals surface area contributed by atoms with E-state index in [0.717, 1.165) is 76.1 Å². The number of likely N-dealkylation sites (tertiary alicyclic amines) is 2. The van der Waals surface area contributed by atoms with Crippen LogP contribution >= 0.6 is 0 Å². The number of imidazole rings is 1. The van der Waals surface area contributed by atoms with Crippen molar-refractivity contribution in [2.45, 2.75) is 77.7 Å². The van der Waals surface area contributed by atoms with Crippen LogP contribution in [0.4, 0.5) is 0 Å². The normalized spacial score (nSPS) is 18.5. The van der Waals surface area contributed by atoms with E-state index in [9.17, 15) is 9.59 Å². The molecule has 0 unspecified atom stereocenters. The highest BCUT2D eigenvalue weighted by molar-refractivity contribution is 5.76. The quantitative estimate of drug-likeness (QED) is 0.564. The molecular weight excluding hydrogens is 402 g/mol. The highest BCUT2D eigenvalue weighted by atomic mass is 16.2. The Bertz CT molecular complexity index is 677. The molecule has 7 nitrogen and oxygen atoms in total. The van der Waals surface area contributed by atoms with E-state index in [2.05, 4.69) is 31.6 Å². The van der Waals surface area contributed by atoms with Crippen molar-refractivity contribution in [3.8, 4) is 0 Å². The summed E-state index contributed by atoms with van der Waals surface area (Å²) in [4.78, 5) is 38.1. The largest absolute Gasteiger partial charge is 0.351 e. The molecular formula is C25H43N5O2. The standard InChI is InChI=1S/C25H43N5O2/c1-3-5-24(31)29-14-8-21(9-15-29)6-4-7-22-10-16-30(17-11-22)25(32)12-13-28(2)19-23-18-26-20-27-23/h18,20-22H,3-17,19H2,1-2H3,(H,26,27). The van der Waals surface area contributed by atoms with E-state index in [0.29, 0.717) is 24.7 Å². The number of aromatic nitrogens is 2. The number of hydrogen-bond acceptors (Lipinski definition) is 4. The highest BCUT2D eigenvalue weighted by Gasteiger charge is 2.25. The summed E-state index contributed by atoms with van der Waals surface area (Å²) in [7, 11) is 2.04. The molecule has 3 rings (SSSR count). The second-order valence-corrected chi connectivity index (χ2v) is 9.88. The van der Waals surface area contributed by atoms with Gasteiger partial charge in [0, 0.05) is 58.3 Å². The molecule has 0 bridgehead atoms. The Kier molecular flexibility index (Phi) is 10.0. The molecule has 0 radical (unpaired) electrons. The molecule has 0 spiro atoms. The van der Waals surface area contributed by atoms with Crippen LogP contribution in [0.2, 0.25) is 0 Å². The molecule has 32 heavy (non-hydrogen) atoms. The average Bonchev–Trinajstić information content (AvgIpc) is 3.31. The minimum Gasteiger partial charge on any atom is -0.351 e. The second kappa shape index (κ2) is 13.0. The van der Waals surface area contributed by atoms with Crippen molar-refractivity contribution in [1.82, 2.24) is 24.7 Å². The number of nitrogens with zero attached hydrogens (tertiary/aromatic N) is 4. The van der Waals surface area contributed by atoms with Crippen molar-refractivity contribution in [3.63, 3.8) is 0 Å². The van der Waals surface area contributed by atoms with Crippen LogP contribution in [-0.2, 0) is 16.1 Å². The van der Waals surface area contributed by atoms with Gasteiger partial charge in [0.25, 0.3) is 0 Å². The molecule has 7 heteroatoms. The topological polar surface area (TPSA) is 72.5 Å². The summed E-state index contributed by atoms with van der Waals surface area (Å²) in [6.07, 6.45) is 14.4. The van der Waals surface area contributed by atoms with E-state index < -0.39 is 0 Å². The molecule has 1 N–H and O–H groups in total. The van der Waals surface area contributed by atoms with Crippen LogP contribution < -0.4 is 0 Å². The van der Waals surface area contributed by atoms with E-state index in [4.69, 9.17) is 0 Å². The molecule has 2 aliphatic heterocycles. The molecule has 0 aliphatic carbocycles. The highest BCUT2D eigenvalue weighted by Crippen LogP contribution is 2.27. The first-order valence-electron chi connectivity index (χ1n) is 12.8. The van der Waals surface area contributed by atoms with Gasteiger partial charge in [-0.25, -0.2) is 4.98 Å². The number of hydrogen-bond donors (Lipinski definition) is 1. The predicted octanol–water partition coefficient (Wildman–Crippen LogP) is 3.68. The third kappa shape index (κ3) is 7.91. The van der Waals surface area contributed by atoms with Gasteiger partial charge in [-0.1, -0.05) is 26.2 Å². The first-order chi connectivity index (χ1) is 15.5. The number of carbonyl (C=O) groups is 2. The van der Waals surface area contributed by atoms with Gasteiger partial charge < -0.3 is 14.8 Å². The lowest BCUT2D eigenvalue weighted by molar-refractivity contribution is -0.133. The molecule has 1 aromatic heterocycles. The van der Waals surface area contributed by atoms with Crippen molar-refractivity contribution >= 4 is 11.8 Å². The predicted molar refractivity (Wildman–Crippen MR) is 127 cm³/mol. The zero-order chi connectivity index (χ0) is 22.8. The van der Waals surface area contributed by atoms with Crippen molar-refractivity contribution in [3.05, 3.63) is 18.2 Å². The molecule has 3 heterocycles. The maximum Gasteiger partial charge on any atom is 0.223 e. The van der Waals surface area contributed by atoms with Crippen molar-refractivity contribution in [1.29, 1.82) is 0 Å². The van der Waals surface area contributed by atoms with Gasteiger partial charge in [-0.05, 0) is 51.0 Å². The van der Waals surface area contributed by atoms with Crippen molar-refractivity contribution in [2.24, 2.45) is 11.8 Å². The Morgan fingerprint density at radius 1 is 1.00 bits per heavy atom. The van der Waals surface area contributed by atoms with Crippen LogP contribution in [0.25, 0.3) is 0 Å². The molecule has 2 saturated heterocycles. The first-order valence-corrected chi connectivity index (χ1v) is 12.8. The van der Waals surface area contributed by atoms with Crippen molar-refractivity contribution in [2.75, 3.05) is 39.8 Å². The molecule has 0 aromatic carbocycles. The SMILES string of the molecule is CCCC(=O)N1CCC(CCCC2CCN(C(=O)CCN(C)Cc3c[nH]cn3)CC2)CC1. The molecule has 1 aromatic rings. The van der Waals surface area contributed by atoms with Gasteiger partial charge >= 0.3 is 0 Å². The molecule has 0 saturated carbocycles. The van der Waals surface area contributed by atoms with Crippen molar-refractivity contribution < 1.29 is 9.59 Å². The summed E-state index contributed by atoms with van der Waals surface area (Å²) in [5.74, 6) is 2.20. The van der Waals surface area contributed by atoms with E-state index in [1.165, 1.54) is 32.1 Å². The minimum atomic E-state index is 0.293. The van der Waals surface area contributed by atoms with Crippen LogP contribution in [-0.4, -0.2) is 76.3 Å². The monoisotopic (exact) mass is 445 g/mol. The van der Waals surface area contributed by atoms with Crippen LogP contribution in [0.5, 0.6) is 0 Å². The second-order valence-electron chi connectivity index (χ2n) is 9.88. The molecule has 2 fully saturated rings. The van der Waals surface area contributed by atoms with E-state index in [1.807, 2.05) is 13.2 Å². The Morgan fingerprint density at radius 2 is 1.56 bits per heavy atom. The smallest absolute Gasteiger partial charge is 0.223 e. The number of nitrogens with one attached hydrogen (secondary N) is 1. The molecule has 2 amide bonds. The molecule has 180 valence electrons. The number of piperidine rings is 2. The fourth-order valence-corrected chi connectivity index (χ4v) is 5.19. The van der Waals surface area contributed by atoms with Gasteiger partial charge in [0.15, 0.2) is 0 Å². The number of H-pyrrole nitrogens is 1. The van der Waals surface area contributed by atoms with Gasteiger partial charge in [-0.3, -0.25) is 14.5 Å². The third-order valence-corrected chi connectivity index (χ3v) is 7.32. The summed E-state index contributed by atoms with van der Waals surface area (Å²) in [5, 5.41) is 0. The lowest BCUT2D eigenvalue weighted by Crippen LogP contribution is -2.39. The fraction of sp³-hybridized carbons (Fsp3) is 0.800. The number of rotatable bonds is 11. The van der Waals surface area contributed by atoms with Crippen LogP contribution in [0.1, 0.15) is 76.8 Å². The zero-order valence-corrected chi connectivity index (χ0v) is 20.2. The number of amides is 2. The van der Waals surface area contributed by atoms with E-state index in [-0.39, 0.29) is 0 Å². The van der Waals surface area contributed by atoms with Crippen LogP contribution in [0.15, 0.2) is 12.5 Å². The van der Waals surface area contributed by atoms with Gasteiger partial charge in [0.1, 0.15) is 0 Å². The Balaban J connectivity index is 1.23. The Labute approximate surface area is 193 Å². The zero-order valence-electron chi connectivity index (χ0n) is 20.2. The molecule has 0 atom stereocenters.